The lowest BCUT2D eigenvalue weighted by atomic mass is 10.1. The lowest BCUT2D eigenvalue weighted by Crippen LogP contribution is -2.86. The summed E-state index contributed by atoms with van der Waals surface area (Å²) in [6.45, 7) is 5.40. The van der Waals surface area contributed by atoms with Gasteiger partial charge in [0.1, 0.15) is 10.6 Å². The highest BCUT2D eigenvalue weighted by molar-refractivity contribution is 7.17. The molecule has 0 bridgehead atoms. The molecule has 0 unspecified atom stereocenters. The normalized spacial score (nSPS) is 10.5. The number of hydrogen-bond donors (Lipinski definition) is 2. The molecule has 0 radical (unpaired) electrons. The van der Waals surface area contributed by atoms with Gasteiger partial charge in [0.05, 0.1) is 13.2 Å². The van der Waals surface area contributed by atoms with Gasteiger partial charge in [-0.2, -0.15) is 0 Å². The van der Waals surface area contributed by atoms with E-state index in [1.54, 1.807) is 18.3 Å². The molecule has 2 aromatic rings. The molecule has 0 saturated carbocycles. The lowest BCUT2D eigenvalue weighted by Gasteiger charge is -2.07. The minimum absolute atomic E-state index is 0.108. The number of carbonyl (C=O) groups is 2. The zero-order valence-electron chi connectivity index (χ0n) is 13.3. The first-order valence-corrected chi connectivity index (χ1v) is 9.37. The number of esters is 1. The molecule has 2 rings (SSSR count). The molecule has 0 aliphatic rings. The van der Waals surface area contributed by atoms with Gasteiger partial charge in [-0.25, -0.2) is 4.79 Å². The maximum Gasteiger partial charge on any atom is 0.341 e. The second kappa shape index (κ2) is 8.81. The van der Waals surface area contributed by atoms with Crippen LogP contribution in [0, 0.1) is 0 Å². The largest absolute Gasteiger partial charge is 0.462 e. The molecule has 0 atom stereocenters. The quantitative estimate of drug-likeness (QED) is 0.566. The Bertz CT molecular complexity index is 650. The molecule has 0 spiro atoms. The molecule has 7 heteroatoms. The van der Waals surface area contributed by atoms with Crippen molar-refractivity contribution in [2.75, 3.05) is 25.0 Å². The predicted octanol–water partition coefficient (Wildman–Crippen LogP) is 2.57. The molecule has 1 amide bonds. The van der Waals surface area contributed by atoms with E-state index in [1.165, 1.54) is 11.3 Å². The second-order valence-electron chi connectivity index (χ2n) is 4.88. The Morgan fingerprint density at radius 1 is 1.30 bits per heavy atom. The van der Waals surface area contributed by atoms with E-state index < -0.39 is 5.97 Å². The Hall–Kier alpha value is -1.70. The van der Waals surface area contributed by atoms with Crippen molar-refractivity contribution in [3.05, 3.63) is 28.5 Å². The summed E-state index contributed by atoms with van der Waals surface area (Å²) < 4.78 is 5.16. The first-order valence-electron chi connectivity index (χ1n) is 7.61. The zero-order chi connectivity index (χ0) is 16.7. The van der Waals surface area contributed by atoms with Crippen molar-refractivity contribution in [2.24, 2.45) is 0 Å². The SMILES string of the molecule is CCC[NH2+]CC(=O)Nc1scc(-c2cccs2)c1C(=O)OCC. The van der Waals surface area contributed by atoms with E-state index in [9.17, 15) is 9.59 Å². The average Bonchev–Trinajstić information content (AvgIpc) is 3.16. The summed E-state index contributed by atoms with van der Waals surface area (Å²) in [5.74, 6) is -0.506. The number of anilines is 1. The summed E-state index contributed by atoms with van der Waals surface area (Å²) >= 11 is 2.91. The minimum atomic E-state index is -0.398. The van der Waals surface area contributed by atoms with Gasteiger partial charge in [-0.1, -0.05) is 13.0 Å². The highest BCUT2D eigenvalue weighted by Crippen LogP contribution is 2.38. The third kappa shape index (κ3) is 4.63. The van der Waals surface area contributed by atoms with Crippen LogP contribution < -0.4 is 10.6 Å². The summed E-state index contributed by atoms with van der Waals surface area (Å²) in [7, 11) is 0. The molecule has 3 N–H and O–H groups in total. The zero-order valence-corrected chi connectivity index (χ0v) is 14.9. The number of thiophene rings is 2. The molecule has 2 heterocycles. The molecule has 124 valence electrons. The monoisotopic (exact) mass is 353 g/mol. The van der Waals surface area contributed by atoms with Crippen LogP contribution in [0.5, 0.6) is 0 Å². The number of rotatable bonds is 8. The van der Waals surface area contributed by atoms with Crippen LogP contribution in [-0.4, -0.2) is 31.6 Å². The van der Waals surface area contributed by atoms with Crippen LogP contribution >= 0.6 is 22.7 Å². The van der Waals surface area contributed by atoms with Gasteiger partial charge < -0.3 is 15.4 Å². The second-order valence-corrected chi connectivity index (χ2v) is 6.71. The fraction of sp³-hybridized carbons (Fsp3) is 0.375. The molecular formula is C16H21N2O3S2+. The highest BCUT2D eigenvalue weighted by atomic mass is 32.1. The van der Waals surface area contributed by atoms with Crippen LogP contribution in [0.2, 0.25) is 0 Å². The van der Waals surface area contributed by atoms with Crippen molar-refractivity contribution < 1.29 is 19.6 Å². The topological polar surface area (TPSA) is 72.0 Å². The van der Waals surface area contributed by atoms with Crippen molar-refractivity contribution in [3.8, 4) is 10.4 Å². The molecule has 0 saturated heterocycles. The molecule has 2 aromatic heterocycles. The van der Waals surface area contributed by atoms with Gasteiger partial charge in [-0.15, -0.1) is 22.7 Å². The number of quaternary nitrogens is 1. The van der Waals surface area contributed by atoms with E-state index in [4.69, 9.17) is 4.74 Å². The number of ether oxygens (including phenoxy) is 1. The van der Waals surface area contributed by atoms with E-state index in [-0.39, 0.29) is 5.91 Å². The molecule has 5 nitrogen and oxygen atoms in total. The smallest absolute Gasteiger partial charge is 0.341 e. The van der Waals surface area contributed by atoms with Crippen LogP contribution in [0.3, 0.4) is 0 Å². The summed E-state index contributed by atoms with van der Waals surface area (Å²) in [6, 6.07) is 3.89. The maximum absolute atomic E-state index is 12.3. The molecule has 0 aromatic carbocycles. The highest BCUT2D eigenvalue weighted by Gasteiger charge is 2.23. The fourth-order valence-corrected chi connectivity index (χ4v) is 3.87. The number of amides is 1. The van der Waals surface area contributed by atoms with Crippen LogP contribution in [0.15, 0.2) is 22.9 Å². The Morgan fingerprint density at radius 2 is 2.13 bits per heavy atom. The number of nitrogens with two attached hydrogens (primary N) is 1. The van der Waals surface area contributed by atoms with E-state index >= 15 is 0 Å². The van der Waals surface area contributed by atoms with Gasteiger partial charge in [0, 0.05) is 15.8 Å². The summed E-state index contributed by atoms with van der Waals surface area (Å²) in [4.78, 5) is 25.3. The number of hydrogen-bond acceptors (Lipinski definition) is 5. The van der Waals surface area contributed by atoms with Gasteiger partial charge in [0.15, 0.2) is 6.54 Å². The Labute approximate surface area is 143 Å². The van der Waals surface area contributed by atoms with Gasteiger partial charge >= 0.3 is 5.97 Å². The van der Waals surface area contributed by atoms with Crippen molar-refractivity contribution in [1.29, 1.82) is 0 Å². The third-order valence-corrected chi connectivity index (χ3v) is 4.93. The number of carbonyl (C=O) groups excluding carboxylic acids is 2. The van der Waals surface area contributed by atoms with E-state index in [0.29, 0.717) is 23.7 Å². The first kappa shape index (κ1) is 17.7. The van der Waals surface area contributed by atoms with E-state index in [0.717, 1.165) is 23.4 Å². The Balaban J connectivity index is 2.22. The third-order valence-electron chi connectivity index (χ3n) is 3.13. The van der Waals surface area contributed by atoms with Crippen molar-refractivity contribution in [2.45, 2.75) is 20.3 Å². The van der Waals surface area contributed by atoms with Crippen LogP contribution in [-0.2, 0) is 9.53 Å². The van der Waals surface area contributed by atoms with Gasteiger partial charge in [-0.3, -0.25) is 4.79 Å². The Morgan fingerprint density at radius 3 is 2.78 bits per heavy atom. The molecular weight excluding hydrogens is 332 g/mol. The van der Waals surface area contributed by atoms with Gasteiger partial charge in [0.2, 0.25) is 0 Å². The van der Waals surface area contributed by atoms with Crippen molar-refractivity contribution >= 4 is 39.6 Å². The lowest BCUT2D eigenvalue weighted by molar-refractivity contribution is -0.643. The molecule has 0 aliphatic heterocycles. The average molecular weight is 353 g/mol. The summed E-state index contributed by atoms with van der Waals surface area (Å²) in [6.07, 6.45) is 1.02. The standard InChI is InChI=1S/C16H20N2O3S2/c1-3-7-17-9-13(19)18-15-14(16(20)21-4-2)11(10-23-15)12-6-5-8-22-12/h5-6,8,10,17H,3-4,7,9H2,1-2H3,(H,18,19)/p+1. The van der Waals surface area contributed by atoms with Crippen molar-refractivity contribution in [3.63, 3.8) is 0 Å². The maximum atomic E-state index is 12.3. The predicted molar refractivity (Wildman–Crippen MR) is 94.2 cm³/mol. The van der Waals surface area contributed by atoms with Crippen LogP contribution in [0.1, 0.15) is 30.6 Å². The fourth-order valence-electron chi connectivity index (χ4n) is 2.08. The molecule has 23 heavy (non-hydrogen) atoms. The van der Waals surface area contributed by atoms with Crippen LogP contribution in [0.4, 0.5) is 5.00 Å². The minimum Gasteiger partial charge on any atom is -0.462 e. The van der Waals surface area contributed by atoms with E-state index in [1.807, 2.05) is 28.2 Å². The molecule has 0 fully saturated rings. The van der Waals surface area contributed by atoms with Crippen LogP contribution in [0.25, 0.3) is 10.4 Å². The summed E-state index contributed by atoms with van der Waals surface area (Å²) in [5.41, 5.74) is 1.26. The Kier molecular flexibility index (Phi) is 6.76. The van der Waals surface area contributed by atoms with Crippen molar-refractivity contribution in [1.82, 2.24) is 0 Å². The van der Waals surface area contributed by atoms with E-state index in [2.05, 4.69) is 12.2 Å². The van der Waals surface area contributed by atoms with Gasteiger partial charge in [-0.05, 0) is 24.8 Å². The molecule has 0 aliphatic carbocycles. The number of nitrogens with one attached hydrogen (secondary N) is 1. The summed E-state index contributed by atoms with van der Waals surface area (Å²) in [5, 5.41) is 9.20. The first-order chi connectivity index (χ1) is 11.2. The van der Waals surface area contributed by atoms with Gasteiger partial charge in [0.25, 0.3) is 5.91 Å².